The topological polar surface area (TPSA) is 35.6 Å². The third kappa shape index (κ3) is 5.73. The van der Waals surface area contributed by atoms with Gasteiger partial charge >= 0.3 is 0 Å². The van der Waals surface area contributed by atoms with Crippen LogP contribution in [0, 0.1) is 0 Å². The van der Waals surface area contributed by atoms with E-state index in [1.165, 1.54) is 62.9 Å². The number of para-hydroxylation sites is 1. The summed E-state index contributed by atoms with van der Waals surface area (Å²) in [6.45, 7) is 4.06. The summed E-state index contributed by atoms with van der Waals surface area (Å²) >= 11 is 0. The van der Waals surface area contributed by atoms with E-state index >= 15 is 0 Å². The Morgan fingerprint density at radius 2 is 1.77 bits per heavy atom. The zero-order chi connectivity index (χ0) is 18.2. The van der Waals surface area contributed by atoms with Crippen LogP contribution in [0.25, 0.3) is 0 Å². The van der Waals surface area contributed by atoms with Gasteiger partial charge in [-0.25, -0.2) is 0 Å². The van der Waals surface area contributed by atoms with Crippen molar-refractivity contribution in [3.63, 3.8) is 0 Å². The first kappa shape index (κ1) is 19.2. The standard InChI is InChI=1S/C22H35N3O/c1-24(17-14-22(26)23-20-11-4-2-5-12-20)18-19-10-6-7-13-21(19)25-15-8-3-9-16-25/h6-7,10,13,20H,2-5,8-9,11-12,14-18H2,1H3,(H,23,26). The number of rotatable bonds is 7. The normalized spacial score (nSPS) is 18.9. The van der Waals surface area contributed by atoms with E-state index in [2.05, 4.69) is 46.4 Å². The Bertz CT molecular complexity index is 562. The lowest BCUT2D eigenvalue weighted by atomic mass is 9.95. The van der Waals surface area contributed by atoms with Crippen LogP contribution in [0.1, 0.15) is 63.4 Å². The summed E-state index contributed by atoms with van der Waals surface area (Å²) in [5, 5.41) is 3.23. The number of nitrogens with one attached hydrogen (secondary N) is 1. The van der Waals surface area contributed by atoms with Crippen LogP contribution in [0.15, 0.2) is 24.3 Å². The quantitative estimate of drug-likeness (QED) is 0.803. The summed E-state index contributed by atoms with van der Waals surface area (Å²) in [7, 11) is 2.13. The molecule has 1 saturated carbocycles. The number of amides is 1. The van der Waals surface area contributed by atoms with Crippen molar-refractivity contribution in [2.45, 2.75) is 70.4 Å². The highest BCUT2D eigenvalue weighted by atomic mass is 16.1. The molecule has 2 fully saturated rings. The molecule has 4 heteroatoms. The number of hydrogen-bond acceptors (Lipinski definition) is 3. The molecule has 3 rings (SSSR count). The second kappa shape index (κ2) is 9.96. The summed E-state index contributed by atoms with van der Waals surface area (Å²) in [6.07, 6.45) is 10.7. The molecule has 26 heavy (non-hydrogen) atoms. The van der Waals surface area contributed by atoms with Gasteiger partial charge in [-0.05, 0) is 50.8 Å². The molecular formula is C22H35N3O. The Morgan fingerprint density at radius 1 is 1.08 bits per heavy atom. The molecule has 1 aliphatic heterocycles. The van der Waals surface area contributed by atoms with Gasteiger partial charge in [0.05, 0.1) is 0 Å². The van der Waals surface area contributed by atoms with Gasteiger partial charge in [0.15, 0.2) is 0 Å². The average molecular weight is 358 g/mol. The lowest BCUT2D eigenvalue weighted by Gasteiger charge is -2.31. The number of carbonyl (C=O) groups is 1. The highest BCUT2D eigenvalue weighted by Gasteiger charge is 2.17. The summed E-state index contributed by atoms with van der Waals surface area (Å²) in [5.41, 5.74) is 2.76. The molecule has 0 atom stereocenters. The van der Waals surface area contributed by atoms with Crippen LogP contribution >= 0.6 is 0 Å². The van der Waals surface area contributed by atoms with Crippen LogP contribution in [0.4, 0.5) is 5.69 Å². The first-order valence-electron chi connectivity index (χ1n) is 10.5. The Labute approximate surface area is 158 Å². The van der Waals surface area contributed by atoms with Crippen LogP contribution in [-0.2, 0) is 11.3 Å². The minimum Gasteiger partial charge on any atom is -0.371 e. The van der Waals surface area contributed by atoms with Crippen molar-refractivity contribution in [3.8, 4) is 0 Å². The Balaban J connectivity index is 1.47. The van der Waals surface area contributed by atoms with Crippen LogP contribution in [0.5, 0.6) is 0 Å². The second-order valence-corrected chi connectivity index (χ2v) is 8.07. The van der Waals surface area contributed by atoms with Gasteiger partial charge in [-0.2, -0.15) is 0 Å². The van der Waals surface area contributed by atoms with Crippen molar-refractivity contribution >= 4 is 11.6 Å². The van der Waals surface area contributed by atoms with Gasteiger partial charge < -0.3 is 15.1 Å². The van der Waals surface area contributed by atoms with E-state index in [1.807, 2.05) is 0 Å². The fourth-order valence-electron chi connectivity index (χ4n) is 4.30. The Morgan fingerprint density at radius 3 is 2.54 bits per heavy atom. The fraction of sp³-hybridized carbons (Fsp3) is 0.682. The van der Waals surface area contributed by atoms with Crippen molar-refractivity contribution in [1.82, 2.24) is 10.2 Å². The van der Waals surface area contributed by atoms with Crippen molar-refractivity contribution in [1.29, 1.82) is 0 Å². The summed E-state index contributed by atoms with van der Waals surface area (Å²) in [6, 6.07) is 9.19. The van der Waals surface area contributed by atoms with Crippen molar-refractivity contribution in [3.05, 3.63) is 29.8 Å². The summed E-state index contributed by atoms with van der Waals surface area (Å²) in [5.74, 6) is 0.216. The highest BCUT2D eigenvalue weighted by Crippen LogP contribution is 2.25. The molecular weight excluding hydrogens is 322 g/mol. The number of carbonyl (C=O) groups excluding carboxylic acids is 1. The maximum Gasteiger partial charge on any atom is 0.221 e. The molecule has 2 aliphatic rings. The van der Waals surface area contributed by atoms with E-state index in [0.717, 1.165) is 25.9 Å². The molecule has 1 heterocycles. The molecule has 1 aliphatic carbocycles. The van der Waals surface area contributed by atoms with Gasteiger partial charge in [-0.15, -0.1) is 0 Å². The molecule has 1 aromatic carbocycles. The summed E-state index contributed by atoms with van der Waals surface area (Å²) < 4.78 is 0. The highest BCUT2D eigenvalue weighted by molar-refractivity contribution is 5.76. The van der Waals surface area contributed by atoms with Crippen LogP contribution in [0.3, 0.4) is 0 Å². The first-order valence-corrected chi connectivity index (χ1v) is 10.5. The van der Waals surface area contributed by atoms with E-state index < -0.39 is 0 Å². The minimum absolute atomic E-state index is 0.216. The van der Waals surface area contributed by atoms with Gasteiger partial charge in [0.2, 0.25) is 5.91 Å². The SMILES string of the molecule is CN(CCC(=O)NC1CCCCC1)Cc1ccccc1N1CCCCC1. The number of nitrogens with zero attached hydrogens (tertiary/aromatic N) is 2. The van der Waals surface area contributed by atoms with E-state index in [-0.39, 0.29) is 5.91 Å². The summed E-state index contributed by atoms with van der Waals surface area (Å²) in [4.78, 5) is 17.0. The molecule has 0 bridgehead atoms. The van der Waals surface area contributed by atoms with E-state index in [1.54, 1.807) is 0 Å². The van der Waals surface area contributed by atoms with Crippen molar-refractivity contribution in [2.75, 3.05) is 31.6 Å². The van der Waals surface area contributed by atoms with Gasteiger partial charge in [0.1, 0.15) is 0 Å². The molecule has 1 aromatic rings. The molecule has 0 aromatic heterocycles. The largest absolute Gasteiger partial charge is 0.371 e. The average Bonchev–Trinajstić information content (AvgIpc) is 2.68. The van der Waals surface area contributed by atoms with Gasteiger partial charge in [0, 0.05) is 44.3 Å². The van der Waals surface area contributed by atoms with Gasteiger partial charge in [-0.1, -0.05) is 37.5 Å². The molecule has 144 valence electrons. The predicted molar refractivity (Wildman–Crippen MR) is 108 cm³/mol. The lowest BCUT2D eigenvalue weighted by Crippen LogP contribution is -2.37. The molecule has 4 nitrogen and oxygen atoms in total. The fourth-order valence-corrected chi connectivity index (χ4v) is 4.30. The number of hydrogen-bond donors (Lipinski definition) is 1. The van der Waals surface area contributed by atoms with Gasteiger partial charge in [0.25, 0.3) is 0 Å². The zero-order valence-corrected chi connectivity index (χ0v) is 16.4. The third-order valence-electron chi connectivity index (χ3n) is 5.82. The zero-order valence-electron chi connectivity index (χ0n) is 16.4. The second-order valence-electron chi connectivity index (χ2n) is 8.07. The molecule has 0 radical (unpaired) electrons. The van der Waals surface area contributed by atoms with Crippen LogP contribution < -0.4 is 10.2 Å². The Hall–Kier alpha value is -1.55. The monoisotopic (exact) mass is 357 g/mol. The van der Waals surface area contributed by atoms with E-state index in [0.29, 0.717) is 12.5 Å². The molecule has 1 saturated heterocycles. The molecule has 1 amide bonds. The van der Waals surface area contributed by atoms with Crippen molar-refractivity contribution < 1.29 is 4.79 Å². The Kier molecular flexibility index (Phi) is 7.36. The van der Waals surface area contributed by atoms with E-state index in [9.17, 15) is 4.79 Å². The predicted octanol–water partition coefficient (Wildman–Crippen LogP) is 3.95. The molecule has 1 N–H and O–H groups in total. The molecule has 0 unspecified atom stereocenters. The number of benzene rings is 1. The van der Waals surface area contributed by atoms with E-state index in [4.69, 9.17) is 0 Å². The number of anilines is 1. The maximum absolute atomic E-state index is 12.2. The van der Waals surface area contributed by atoms with Gasteiger partial charge in [-0.3, -0.25) is 4.79 Å². The maximum atomic E-state index is 12.2. The van der Waals surface area contributed by atoms with Crippen LogP contribution in [0.2, 0.25) is 0 Å². The lowest BCUT2D eigenvalue weighted by molar-refractivity contribution is -0.122. The van der Waals surface area contributed by atoms with Crippen molar-refractivity contribution in [2.24, 2.45) is 0 Å². The molecule has 0 spiro atoms. The third-order valence-corrected chi connectivity index (χ3v) is 5.82. The minimum atomic E-state index is 0.216. The number of piperidine rings is 1. The van der Waals surface area contributed by atoms with Crippen LogP contribution in [-0.4, -0.2) is 43.5 Å². The smallest absolute Gasteiger partial charge is 0.221 e. The first-order chi connectivity index (χ1) is 12.7.